The van der Waals surface area contributed by atoms with E-state index in [2.05, 4.69) is 15.9 Å². The SMILES string of the molecule is O=C(Oc1ccccc1)N1CCN(C(=O)c2ccc(Br)cc2)CC1. The smallest absolute Gasteiger partial charge is 0.410 e. The monoisotopic (exact) mass is 388 g/mol. The fraction of sp³-hybridized carbons (Fsp3) is 0.222. The Hall–Kier alpha value is -2.34. The zero-order chi connectivity index (χ0) is 16.9. The molecule has 2 aromatic rings. The molecule has 1 aliphatic rings. The Morgan fingerprint density at radius 2 is 1.42 bits per heavy atom. The van der Waals surface area contributed by atoms with E-state index in [1.54, 1.807) is 34.1 Å². The largest absolute Gasteiger partial charge is 0.415 e. The van der Waals surface area contributed by atoms with Gasteiger partial charge in [0, 0.05) is 36.2 Å². The third-order valence-corrected chi connectivity index (χ3v) is 4.39. The van der Waals surface area contributed by atoms with Crippen LogP contribution in [0.15, 0.2) is 59.1 Å². The lowest BCUT2D eigenvalue weighted by Crippen LogP contribution is -2.51. The Morgan fingerprint density at radius 3 is 2.04 bits per heavy atom. The third-order valence-electron chi connectivity index (χ3n) is 3.86. The van der Waals surface area contributed by atoms with Crippen LogP contribution in [0, 0.1) is 0 Å². The number of hydrogen-bond donors (Lipinski definition) is 0. The Morgan fingerprint density at radius 1 is 0.833 bits per heavy atom. The first-order chi connectivity index (χ1) is 11.6. The zero-order valence-electron chi connectivity index (χ0n) is 13.0. The lowest BCUT2D eigenvalue weighted by molar-refractivity contribution is 0.0633. The first-order valence-electron chi connectivity index (χ1n) is 7.70. The molecule has 0 atom stereocenters. The number of nitrogens with zero attached hydrogens (tertiary/aromatic N) is 2. The van der Waals surface area contributed by atoms with Crippen molar-refractivity contribution in [2.75, 3.05) is 26.2 Å². The van der Waals surface area contributed by atoms with Crippen LogP contribution in [-0.2, 0) is 0 Å². The predicted octanol–water partition coefficient (Wildman–Crippen LogP) is 3.41. The van der Waals surface area contributed by atoms with Crippen LogP contribution < -0.4 is 4.74 Å². The van der Waals surface area contributed by atoms with E-state index in [1.165, 1.54) is 0 Å². The molecule has 2 amide bonds. The molecule has 0 spiro atoms. The second-order valence-electron chi connectivity index (χ2n) is 5.47. The van der Waals surface area contributed by atoms with Gasteiger partial charge in [0.1, 0.15) is 5.75 Å². The van der Waals surface area contributed by atoms with Crippen molar-refractivity contribution in [3.05, 3.63) is 64.6 Å². The quantitative estimate of drug-likeness (QED) is 0.791. The highest BCUT2D eigenvalue weighted by Gasteiger charge is 2.25. The number of amides is 2. The molecular weight excluding hydrogens is 372 g/mol. The summed E-state index contributed by atoms with van der Waals surface area (Å²) in [5.41, 5.74) is 0.651. The van der Waals surface area contributed by atoms with Crippen LogP contribution >= 0.6 is 15.9 Å². The summed E-state index contributed by atoms with van der Waals surface area (Å²) in [5.74, 6) is 0.509. The number of halogens is 1. The predicted molar refractivity (Wildman–Crippen MR) is 94.1 cm³/mol. The van der Waals surface area contributed by atoms with Crippen molar-refractivity contribution in [2.24, 2.45) is 0 Å². The van der Waals surface area contributed by atoms with Crippen molar-refractivity contribution < 1.29 is 14.3 Å². The summed E-state index contributed by atoms with van der Waals surface area (Å²) >= 11 is 3.36. The maximum Gasteiger partial charge on any atom is 0.415 e. The summed E-state index contributed by atoms with van der Waals surface area (Å²) in [5, 5.41) is 0. The van der Waals surface area contributed by atoms with E-state index in [4.69, 9.17) is 4.74 Å². The number of rotatable bonds is 2. The fourth-order valence-corrected chi connectivity index (χ4v) is 2.79. The van der Waals surface area contributed by atoms with E-state index in [0.29, 0.717) is 37.5 Å². The van der Waals surface area contributed by atoms with Gasteiger partial charge in [-0.25, -0.2) is 4.79 Å². The minimum Gasteiger partial charge on any atom is -0.410 e. The van der Waals surface area contributed by atoms with Crippen LogP contribution in [0.3, 0.4) is 0 Å². The van der Waals surface area contributed by atoms with Crippen molar-refractivity contribution in [3.8, 4) is 5.75 Å². The molecule has 1 heterocycles. The summed E-state index contributed by atoms with van der Waals surface area (Å²) < 4.78 is 6.26. The summed E-state index contributed by atoms with van der Waals surface area (Å²) in [6.45, 7) is 1.93. The molecule has 6 heteroatoms. The van der Waals surface area contributed by atoms with Gasteiger partial charge in [0.15, 0.2) is 0 Å². The molecule has 5 nitrogen and oxygen atoms in total. The topological polar surface area (TPSA) is 49.9 Å². The van der Waals surface area contributed by atoms with E-state index in [-0.39, 0.29) is 12.0 Å². The maximum atomic E-state index is 12.5. The van der Waals surface area contributed by atoms with Gasteiger partial charge in [0.2, 0.25) is 0 Å². The number of carbonyl (C=O) groups excluding carboxylic acids is 2. The lowest BCUT2D eigenvalue weighted by Gasteiger charge is -2.34. The van der Waals surface area contributed by atoms with Crippen LogP contribution in [0.25, 0.3) is 0 Å². The molecule has 124 valence electrons. The van der Waals surface area contributed by atoms with Crippen LogP contribution in [-0.4, -0.2) is 48.0 Å². The van der Waals surface area contributed by atoms with E-state index in [1.807, 2.05) is 30.3 Å². The second-order valence-corrected chi connectivity index (χ2v) is 6.38. The average Bonchev–Trinajstić information content (AvgIpc) is 2.63. The first kappa shape index (κ1) is 16.5. The average molecular weight is 389 g/mol. The Labute approximate surface area is 148 Å². The summed E-state index contributed by atoms with van der Waals surface area (Å²) in [6.07, 6.45) is -0.378. The van der Waals surface area contributed by atoms with Crippen molar-refractivity contribution in [2.45, 2.75) is 0 Å². The van der Waals surface area contributed by atoms with Crippen molar-refractivity contribution in [1.82, 2.24) is 9.80 Å². The van der Waals surface area contributed by atoms with Gasteiger partial charge in [-0.15, -0.1) is 0 Å². The molecule has 0 N–H and O–H groups in total. The molecule has 0 aliphatic carbocycles. The first-order valence-corrected chi connectivity index (χ1v) is 8.49. The number of carbonyl (C=O) groups is 2. The van der Waals surface area contributed by atoms with Crippen LogP contribution in [0.2, 0.25) is 0 Å². The van der Waals surface area contributed by atoms with Gasteiger partial charge >= 0.3 is 6.09 Å². The van der Waals surface area contributed by atoms with Gasteiger partial charge in [-0.05, 0) is 36.4 Å². The number of hydrogen-bond acceptors (Lipinski definition) is 3. The van der Waals surface area contributed by atoms with Gasteiger partial charge in [-0.3, -0.25) is 4.79 Å². The molecule has 0 saturated carbocycles. The number of piperazine rings is 1. The van der Waals surface area contributed by atoms with Gasteiger partial charge in [0.25, 0.3) is 5.91 Å². The molecule has 0 bridgehead atoms. The molecule has 1 aliphatic heterocycles. The molecule has 0 unspecified atom stereocenters. The number of para-hydroxylation sites is 1. The highest BCUT2D eigenvalue weighted by molar-refractivity contribution is 9.10. The molecule has 0 radical (unpaired) electrons. The van der Waals surface area contributed by atoms with Gasteiger partial charge in [-0.2, -0.15) is 0 Å². The Bertz CT molecular complexity index is 711. The van der Waals surface area contributed by atoms with E-state index >= 15 is 0 Å². The minimum absolute atomic E-state index is 0.0152. The summed E-state index contributed by atoms with van der Waals surface area (Å²) in [6, 6.07) is 16.3. The minimum atomic E-state index is -0.378. The normalized spacial score (nSPS) is 14.4. The Balaban J connectivity index is 1.54. The highest BCUT2D eigenvalue weighted by atomic mass is 79.9. The highest BCUT2D eigenvalue weighted by Crippen LogP contribution is 2.15. The maximum absolute atomic E-state index is 12.5. The molecule has 24 heavy (non-hydrogen) atoms. The van der Waals surface area contributed by atoms with Gasteiger partial charge in [-0.1, -0.05) is 34.1 Å². The van der Waals surface area contributed by atoms with Crippen LogP contribution in [0.5, 0.6) is 5.75 Å². The zero-order valence-corrected chi connectivity index (χ0v) is 14.6. The molecular formula is C18H17BrN2O3. The molecule has 0 aromatic heterocycles. The third kappa shape index (κ3) is 3.94. The molecule has 1 fully saturated rings. The van der Waals surface area contributed by atoms with E-state index in [0.717, 1.165) is 4.47 Å². The summed E-state index contributed by atoms with van der Waals surface area (Å²) in [4.78, 5) is 28.0. The van der Waals surface area contributed by atoms with Crippen molar-refractivity contribution >= 4 is 27.9 Å². The standard InChI is InChI=1S/C18H17BrN2O3/c19-15-8-6-14(7-9-15)17(22)20-10-12-21(13-11-20)18(23)24-16-4-2-1-3-5-16/h1-9H,10-13H2. The lowest BCUT2D eigenvalue weighted by atomic mass is 10.2. The number of benzene rings is 2. The molecule has 1 saturated heterocycles. The van der Waals surface area contributed by atoms with Crippen molar-refractivity contribution in [1.29, 1.82) is 0 Å². The summed E-state index contributed by atoms with van der Waals surface area (Å²) in [7, 11) is 0. The van der Waals surface area contributed by atoms with E-state index < -0.39 is 0 Å². The van der Waals surface area contributed by atoms with Gasteiger partial charge < -0.3 is 14.5 Å². The molecule has 3 rings (SSSR count). The van der Waals surface area contributed by atoms with Crippen molar-refractivity contribution in [3.63, 3.8) is 0 Å². The van der Waals surface area contributed by atoms with Crippen LogP contribution in [0.1, 0.15) is 10.4 Å². The fourth-order valence-electron chi connectivity index (χ4n) is 2.52. The van der Waals surface area contributed by atoms with Crippen LogP contribution in [0.4, 0.5) is 4.79 Å². The van der Waals surface area contributed by atoms with E-state index in [9.17, 15) is 9.59 Å². The number of ether oxygens (including phenoxy) is 1. The Kier molecular flexibility index (Phi) is 5.15. The molecule has 2 aromatic carbocycles. The van der Waals surface area contributed by atoms with Gasteiger partial charge in [0.05, 0.1) is 0 Å². The second kappa shape index (κ2) is 7.49.